The van der Waals surface area contributed by atoms with Crippen molar-refractivity contribution in [1.82, 2.24) is 34.7 Å². The average Bonchev–Trinajstić information content (AvgIpc) is 3.18. The van der Waals surface area contributed by atoms with Crippen molar-refractivity contribution in [3.8, 4) is 0 Å². The maximum absolute atomic E-state index is 12.4. The second-order valence-electron chi connectivity index (χ2n) is 7.19. The summed E-state index contributed by atoms with van der Waals surface area (Å²) in [6.07, 6.45) is 4.44. The topological polar surface area (TPSA) is 88.3 Å². The van der Waals surface area contributed by atoms with Gasteiger partial charge < -0.3 is 15.1 Å². The Morgan fingerprint density at radius 2 is 2.11 bits per heavy atom. The molecule has 3 rings (SSSR count). The molecule has 0 unspecified atom stereocenters. The number of aryl methyl sites for hydroxylation is 2. The molecule has 146 valence electrons. The molecule has 2 aromatic rings. The van der Waals surface area contributed by atoms with Gasteiger partial charge in [-0.25, -0.2) is 4.79 Å². The molecular weight excluding hydrogens is 346 g/mol. The summed E-state index contributed by atoms with van der Waals surface area (Å²) in [6.45, 7) is 6.12. The lowest BCUT2D eigenvalue weighted by Crippen LogP contribution is -2.38. The summed E-state index contributed by atoms with van der Waals surface area (Å²) in [5.74, 6) is -0.106. The van der Waals surface area contributed by atoms with Gasteiger partial charge in [-0.15, -0.1) is 0 Å². The highest BCUT2D eigenvalue weighted by Crippen LogP contribution is 2.15. The Morgan fingerprint density at radius 3 is 2.78 bits per heavy atom. The summed E-state index contributed by atoms with van der Waals surface area (Å²) >= 11 is 0. The van der Waals surface area contributed by atoms with Crippen molar-refractivity contribution in [3.63, 3.8) is 0 Å². The molecule has 0 bridgehead atoms. The Kier molecular flexibility index (Phi) is 5.48. The first-order chi connectivity index (χ1) is 12.8. The predicted octanol–water partition coefficient (Wildman–Crippen LogP) is 1.15. The molecule has 2 aromatic heterocycles. The molecule has 0 saturated heterocycles. The van der Waals surface area contributed by atoms with Crippen LogP contribution in [0.4, 0.5) is 4.79 Å². The number of nitrogens with zero attached hydrogens (tertiary/aromatic N) is 6. The van der Waals surface area contributed by atoms with Crippen LogP contribution in [0.3, 0.4) is 0 Å². The van der Waals surface area contributed by atoms with Crippen LogP contribution < -0.4 is 5.32 Å². The van der Waals surface area contributed by atoms with Crippen LogP contribution in [-0.2, 0) is 24.4 Å². The molecule has 1 N–H and O–H groups in total. The molecule has 3 amide bonds. The third-order valence-corrected chi connectivity index (χ3v) is 4.67. The van der Waals surface area contributed by atoms with E-state index in [1.807, 2.05) is 35.7 Å². The van der Waals surface area contributed by atoms with Crippen molar-refractivity contribution in [1.29, 1.82) is 0 Å². The Morgan fingerprint density at radius 1 is 1.33 bits per heavy atom. The van der Waals surface area contributed by atoms with Crippen LogP contribution in [0.25, 0.3) is 0 Å². The fraction of sp³-hybridized carbons (Fsp3) is 0.556. The smallest absolute Gasteiger partial charge is 0.319 e. The molecule has 1 aliphatic rings. The van der Waals surface area contributed by atoms with E-state index in [1.165, 1.54) is 0 Å². The highest BCUT2D eigenvalue weighted by molar-refractivity contribution is 5.79. The quantitative estimate of drug-likeness (QED) is 0.871. The summed E-state index contributed by atoms with van der Waals surface area (Å²) in [4.78, 5) is 28.0. The van der Waals surface area contributed by atoms with Crippen LogP contribution in [0, 0.1) is 6.92 Å². The van der Waals surface area contributed by atoms with Gasteiger partial charge in [0.1, 0.15) is 6.04 Å². The lowest BCUT2D eigenvalue weighted by atomic mass is 10.3. The number of amides is 3. The SMILES string of the molecule is Cc1cnn([C@@H](C)C(=O)NCc2cc3n(n2)CCCN(C(=O)N(C)C)C3)c1. The maximum atomic E-state index is 12.4. The number of aromatic nitrogens is 4. The lowest BCUT2D eigenvalue weighted by molar-refractivity contribution is -0.124. The number of fused-ring (bicyclic) bond motifs is 1. The molecule has 27 heavy (non-hydrogen) atoms. The van der Waals surface area contributed by atoms with Gasteiger partial charge in [0.15, 0.2) is 0 Å². The van der Waals surface area contributed by atoms with E-state index in [4.69, 9.17) is 0 Å². The molecule has 0 saturated carbocycles. The van der Waals surface area contributed by atoms with Crippen LogP contribution in [-0.4, -0.2) is 61.9 Å². The van der Waals surface area contributed by atoms with Gasteiger partial charge in [-0.1, -0.05) is 0 Å². The summed E-state index contributed by atoms with van der Waals surface area (Å²) in [5, 5.41) is 11.7. The first-order valence-corrected chi connectivity index (χ1v) is 9.15. The molecule has 0 aliphatic carbocycles. The normalized spacial score (nSPS) is 15.0. The summed E-state index contributed by atoms with van der Waals surface area (Å²) in [5.41, 5.74) is 2.80. The number of carbonyl (C=O) groups excluding carboxylic acids is 2. The number of rotatable bonds is 4. The standard InChI is InChI=1S/C18H27N7O2/c1-13-9-20-25(11-13)14(2)17(26)19-10-15-8-16-12-23(18(27)22(3)4)6-5-7-24(16)21-15/h8-9,11,14H,5-7,10,12H2,1-4H3,(H,19,26)/t14-/m0/s1. The zero-order chi connectivity index (χ0) is 19.6. The van der Waals surface area contributed by atoms with E-state index in [-0.39, 0.29) is 18.0 Å². The molecule has 1 aliphatic heterocycles. The van der Waals surface area contributed by atoms with Gasteiger partial charge in [0.25, 0.3) is 0 Å². The highest BCUT2D eigenvalue weighted by Gasteiger charge is 2.22. The van der Waals surface area contributed by atoms with E-state index in [9.17, 15) is 9.59 Å². The van der Waals surface area contributed by atoms with Gasteiger partial charge in [0.05, 0.1) is 30.7 Å². The summed E-state index contributed by atoms with van der Waals surface area (Å²) < 4.78 is 3.59. The van der Waals surface area contributed by atoms with Crippen molar-refractivity contribution in [2.45, 2.75) is 45.9 Å². The minimum atomic E-state index is -0.382. The number of urea groups is 1. The van der Waals surface area contributed by atoms with E-state index in [0.717, 1.165) is 29.9 Å². The molecule has 0 radical (unpaired) electrons. The van der Waals surface area contributed by atoms with Crippen molar-refractivity contribution in [3.05, 3.63) is 35.4 Å². The third kappa shape index (κ3) is 4.29. The Balaban J connectivity index is 1.62. The van der Waals surface area contributed by atoms with E-state index in [1.54, 1.807) is 29.9 Å². The van der Waals surface area contributed by atoms with Crippen molar-refractivity contribution in [2.75, 3.05) is 20.6 Å². The number of hydrogen-bond donors (Lipinski definition) is 1. The van der Waals surface area contributed by atoms with E-state index < -0.39 is 0 Å². The van der Waals surface area contributed by atoms with Gasteiger partial charge >= 0.3 is 6.03 Å². The Bertz CT molecular complexity index is 824. The minimum Gasteiger partial charge on any atom is -0.349 e. The van der Waals surface area contributed by atoms with Gasteiger partial charge in [0.2, 0.25) is 5.91 Å². The number of carbonyl (C=O) groups is 2. The van der Waals surface area contributed by atoms with Gasteiger partial charge in [-0.3, -0.25) is 14.2 Å². The Hall–Kier alpha value is -2.84. The van der Waals surface area contributed by atoms with Crippen LogP contribution in [0.5, 0.6) is 0 Å². The van der Waals surface area contributed by atoms with E-state index in [0.29, 0.717) is 19.6 Å². The summed E-state index contributed by atoms with van der Waals surface area (Å²) in [6, 6.07) is 1.58. The van der Waals surface area contributed by atoms with Crippen LogP contribution in [0.1, 0.15) is 36.3 Å². The van der Waals surface area contributed by atoms with Crippen LogP contribution in [0.15, 0.2) is 18.5 Å². The summed E-state index contributed by atoms with van der Waals surface area (Å²) in [7, 11) is 3.52. The molecule has 0 fully saturated rings. The largest absolute Gasteiger partial charge is 0.349 e. The van der Waals surface area contributed by atoms with Crippen molar-refractivity contribution < 1.29 is 9.59 Å². The number of hydrogen-bond acceptors (Lipinski definition) is 4. The van der Waals surface area contributed by atoms with Gasteiger partial charge in [0, 0.05) is 33.4 Å². The average molecular weight is 373 g/mol. The molecule has 9 heteroatoms. The maximum Gasteiger partial charge on any atom is 0.319 e. The molecule has 3 heterocycles. The van der Waals surface area contributed by atoms with Crippen LogP contribution >= 0.6 is 0 Å². The predicted molar refractivity (Wildman–Crippen MR) is 99.9 cm³/mol. The molecule has 0 aromatic carbocycles. The molecule has 0 spiro atoms. The highest BCUT2D eigenvalue weighted by atomic mass is 16.2. The zero-order valence-electron chi connectivity index (χ0n) is 16.3. The first-order valence-electron chi connectivity index (χ1n) is 9.15. The monoisotopic (exact) mass is 373 g/mol. The third-order valence-electron chi connectivity index (χ3n) is 4.67. The Labute approximate surface area is 158 Å². The van der Waals surface area contributed by atoms with Crippen molar-refractivity contribution >= 4 is 11.9 Å². The molecular formula is C18H27N7O2. The molecule has 9 nitrogen and oxygen atoms in total. The number of nitrogens with one attached hydrogen (secondary N) is 1. The fourth-order valence-electron chi connectivity index (χ4n) is 3.14. The van der Waals surface area contributed by atoms with Crippen molar-refractivity contribution in [2.24, 2.45) is 0 Å². The first kappa shape index (κ1) is 18.9. The van der Waals surface area contributed by atoms with Crippen LogP contribution in [0.2, 0.25) is 0 Å². The molecule has 1 atom stereocenters. The van der Waals surface area contributed by atoms with E-state index >= 15 is 0 Å². The fourth-order valence-corrected chi connectivity index (χ4v) is 3.14. The zero-order valence-corrected chi connectivity index (χ0v) is 16.3. The lowest BCUT2D eigenvalue weighted by Gasteiger charge is -2.23. The van der Waals surface area contributed by atoms with Gasteiger partial charge in [-0.05, 0) is 31.9 Å². The second kappa shape index (κ2) is 7.81. The minimum absolute atomic E-state index is 0.00263. The van der Waals surface area contributed by atoms with E-state index in [2.05, 4.69) is 15.5 Å². The second-order valence-corrected chi connectivity index (χ2v) is 7.19. The van der Waals surface area contributed by atoms with Gasteiger partial charge in [-0.2, -0.15) is 10.2 Å².